The van der Waals surface area contributed by atoms with Crippen molar-refractivity contribution in [2.45, 2.75) is 50.2 Å². The fourth-order valence-corrected chi connectivity index (χ4v) is 5.54. The summed E-state index contributed by atoms with van der Waals surface area (Å²) in [5.74, 6) is -0.0623. The highest BCUT2D eigenvalue weighted by atomic mass is 16.6. The molecule has 39 heavy (non-hydrogen) atoms. The minimum Gasteiger partial charge on any atom is -0.497 e. The second kappa shape index (κ2) is 11.1. The van der Waals surface area contributed by atoms with Crippen LogP contribution in [0.25, 0.3) is 6.08 Å². The number of amides is 2. The summed E-state index contributed by atoms with van der Waals surface area (Å²) in [5.41, 5.74) is 0.585. The number of carbonyl (C=O) groups excluding carboxylic acids is 2. The van der Waals surface area contributed by atoms with E-state index in [4.69, 9.17) is 4.74 Å². The Hall–Kier alpha value is -4.46. The van der Waals surface area contributed by atoms with Gasteiger partial charge in [0.25, 0.3) is 17.5 Å². The first-order valence-corrected chi connectivity index (χ1v) is 13.2. The number of non-ortho nitro benzene ring substituents is 1. The average molecular weight is 526 g/mol. The van der Waals surface area contributed by atoms with Gasteiger partial charge in [-0.25, -0.2) is 0 Å². The lowest BCUT2D eigenvalue weighted by Crippen LogP contribution is -2.55. The number of nitro benzene ring substituents is 1. The molecule has 0 saturated heterocycles. The summed E-state index contributed by atoms with van der Waals surface area (Å²) in [7, 11) is 1.58. The molecule has 2 aliphatic rings. The van der Waals surface area contributed by atoms with E-state index in [0.29, 0.717) is 11.3 Å². The van der Waals surface area contributed by atoms with Crippen LogP contribution in [0.15, 0.2) is 78.9 Å². The number of nitrogens with zero attached hydrogens (tertiary/aromatic N) is 2. The van der Waals surface area contributed by atoms with Gasteiger partial charge >= 0.3 is 0 Å². The summed E-state index contributed by atoms with van der Waals surface area (Å²) >= 11 is 0. The first-order valence-electron chi connectivity index (χ1n) is 13.2. The Morgan fingerprint density at radius 3 is 2.46 bits per heavy atom. The second-order valence-electron chi connectivity index (χ2n) is 10.0. The summed E-state index contributed by atoms with van der Waals surface area (Å²) in [4.78, 5) is 41.0. The van der Waals surface area contributed by atoms with E-state index in [2.05, 4.69) is 5.32 Å². The predicted octanol–water partition coefficient (Wildman–Crippen LogP) is 5.62. The van der Waals surface area contributed by atoms with Gasteiger partial charge in [-0.1, -0.05) is 67.8 Å². The normalized spacial score (nSPS) is 19.2. The number of rotatable bonds is 8. The molecule has 1 saturated carbocycles. The van der Waals surface area contributed by atoms with Crippen LogP contribution in [0.4, 0.5) is 5.69 Å². The number of nitrogens with one attached hydrogen (secondary N) is 1. The standard InChI is InChI=1S/C31H31N3O5/c1-39-26-15-12-23(13-16-26)21-33-29(35)27-20-25(34(37)38)14-17-28(27)31(33,19-18-22-8-4-2-5-9-22)30(36)32-24-10-6-3-7-11-24/h2,4-5,8-9,12-20,24H,3,6-7,10-11,21H2,1H3,(H,32,36)/b19-18+. The van der Waals surface area contributed by atoms with Crippen molar-refractivity contribution in [1.82, 2.24) is 10.2 Å². The number of methoxy groups -OCH3 is 1. The number of ether oxygens (including phenoxy) is 1. The smallest absolute Gasteiger partial charge is 0.270 e. The maximum atomic E-state index is 14.4. The lowest BCUT2D eigenvalue weighted by Gasteiger charge is -2.37. The minimum atomic E-state index is -1.49. The van der Waals surface area contributed by atoms with Crippen LogP contribution in [-0.4, -0.2) is 34.8 Å². The third-order valence-corrected chi connectivity index (χ3v) is 7.63. The fourth-order valence-electron chi connectivity index (χ4n) is 5.54. The monoisotopic (exact) mass is 525 g/mol. The molecule has 0 aromatic heterocycles. The van der Waals surface area contributed by atoms with E-state index in [1.165, 1.54) is 17.0 Å². The fraction of sp³-hybridized carbons (Fsp3) is 0.290. The molecule has 1 aliphatic heterocycles. The van der Waals surface area contributed by atoms with Gasteiger partial charge in [0, 0.05) is 30.3 Å². The lowest BCUT2D eigenvalue weighted by atomic mass is 9.85. The zero-order valence-corrected chi connectivity index (χ0v) is 21.8. The number of nitro groups is 1. The topological polar surface area (TPSA) is 102 Å². The van der Waals surface area contributed by atoms with Crippen LogP contribution in [0.3, 0.4) is 0 Å². The highest BCUT2D eigenvalue weighted by Gasteiger charge is 2.54. The van der Waals surface area contributed by atoms with Gasteiger partial charge in [0.1, 0.15) is 5.75 Å². The molecular formula is C31H31N3O5. The molecule has 0 spiro atoms. The Bertz CT molecular complexity index is 1400. The van der Waals surface area contributed by atoms with Crippen LogP contribution >= 0.6 is 0 Å². The van der Waals surface area contributed by atoms with Crippen LogP contribution in [0.1, 0.15) is 59.2 Å². The second-order valence-corrected chi connectivity index (χ2v) is 10.0. The number of carbonyl (C=O) groups is 2. The van der Waals surface area contributed by atoms with Crippen molar-refractivity contribution >= 4 is 23.6 Å². The van der Waals surface area contributed by atoms with Gasteiger partial charge in [-0.3, -0.25) is 19.7 Å². The number of fused-ring (bicyclic) bond motifs is 1. The zero-order chi connectivity index (χ0) is 27.4. The molecule has 1 atom stereocenters. The van der Waals surface area contributed by atoms with Crippen molar-refractivity contribution in [2.75, 3.05) is 7.11 Å². The molecule has 1 heterocycles. The van der Waals surface area contributed by atoms with Crippen LogP contribution < -0.4 is 10.1 Å². The predicted molar refractivity (Wildman–Crippen MR) is 148 cm³/mol. The zero-order valence-electron chi connectivity index (χ0n) is 21.8. The first kappa shape index (κ1) is 26.2. The molecule has 0 bridgehead atoms. The van der Waals surface area contributed by atoms with Crippen LogP contribution in [0, 0.1) is 10.1 Å². The average Bonchev–Trinajstić information content (AvgIpc) is 3.20. The van der Waals surface area contributed by atoms with E-state index < -0.39 is 16.4 Å². The van der Waals surface area contributed by atoms with Gasteiger partial charge in [0.15, 0.2) is 5.54 Å². The lowest BCUT2D eigenvalue weighted by molar-refractivity contribution is -0.384. The van der Waals surface area contributed by atoms with Gasteiger partial charge in [0.2, 0.25) is 0 Å². The molecule has 1 aliphatic carbocycles. The molecule has 2 amide bonds. The van der Waals surface area contributed by atoms with Crippen LogP contribution in [-0.2, 0) is 16.9 Å². The van der Waals surface area contributed by atoms with Gasteiger partial charge < -0.3 is 15.0 Å². The number of hydrogen-bond donors (Lipinski definition) is 1. The Kier molecular flexibility index (Phi) is 7.45. The third-order valence-electron chi connectivity index (χ3n) is 7.63. The number of hydrogen-bond acceptors (Lipinski definition) is 5. The van der Waals surface area contributed by atoms with E-state index in [1.807, 2.05) is 48.5 Å². The first-order chi connectivity index (χ1) is 18.9. The molecule has 200 valence electrons. The molecule has 8 heteroatoms. The highest BCUT2D eigenvalue weighted by molar-refractivity contribution is 6.09. The molecule has 3 aromatic rings. The molecular weight excluding hydrogens is 494 g/mol. The molecule has 5 rings (SSSR count). The molecule has 1 N–H and O–H groups in total. The SMILES string of the molecule is COc1ccc(CN2C(=O)c3cc([N+](=O)[O-])ccc3C2(/C=C/c2ccccc2)C(=O)NC2CCCCC2)cc1. The van der Waals surface area contributed by atoms with Crippen molar-refractivity contribution in [3.8, 4) is 5.75 Å². The van der Waals surface area contributed by atoms with Gasteiger partial charge in [-0.05, 0) is 48.2 Å². The van der Waals surface area contributed by atoms with E-state index in [-0.39, 0.29) is 29.7 Å². The van der Waals surface area contributed by atoms with Crippen molar-refractivity contribution in [2.24, 2.45) is 0 Å². The number of benzene rings is 3. The van der Waals surface area contributed by atoms with E-state index in [9.17, 15) is 19.7 Å². The summed E-state index contributed by atoms with van der Waals surface area (Å²) in [6.07, 6.45) is 8.57. The van der Waals surface area contributed by atoms with E-state index in [0.717, 1.165) is 43.2 Å². The highest BCUT2D eigenvalue weighted by Crippen LogP contribution is 2.44. The Labute approximate surface area is 227 Å². The molecule has 3 aromatic carbocycles. The van der Waals surface area contributed by atoms with E-state index >= 15 is 0 Å². The van der Waals surface area contributed by atoms with Crippen molar-refractivity contribution in [1.29, 1.82) is 0 Å². The van der Waals surface area contributed by atoms with Gasteiger partial charge in [-0.2, -0.15) is 0 Å². The summed E-state index contributed by atoms with van der Waals surface area (Å²) in [6.45, 7) is 0.128. The largest absolute Gasteiger partial charge is 0.497 e. The van der Waals surface area contributed by atoms with Crippen molar-refractivity contribution < 1.29 is 19.2 Å². The summed E-state index contributed by atoms with van der Waals surface area (Å²) < 4.78 is 5.28. The van der Waals surface area contributed by atoms with Crippen molar-refractivity contribution in [3.63, 3.8) is 0 Å². The Morgan fingerprint density at radius 2 is 1.79 bits per heavy atom. The molecule has 1 unspecified atom stereocenters. The van der Waals surface area contributed by atoms with Gasteiger partial charge in [0.05, 0.1) is 17.6 Å². The van der Waals surface area contributed by atoms with Crippen molar-refractivity contribution in [3.05, 3.63) is 111 Å². The summed E-state index contributed by atoms with van der Waals surface area (Å²) in [6, 6.07) is 21.1. The quantitative estimate of drug-likeness (QED) is 0.304. The third kappa shape index (κ3) is 5.14. The molecule has 1 fully saturated rings. The van der Waals surface area contributed by atoms with Crippen LogP contribution in [0.5, 0.6) is 5.75 Å². The van der Waals surface area contributed by atoms with Crippen LogP contribution in [0.2, 0.25) is 0 Å². The van der Waals surface area contributed by atoms with E-state index in [1.54, 1.807) is 31.4 Å². The Morgan fingerprint density at radius 1 is 1.08 bits per heavy atom. The minimum absolute atomic E-state index is 0.00767. The molecule has 0 radical (unpaired) electrons. The van der Waals surface area contributed by atoms with Gasteiger partial charge in [-0.15, -0.1) is 0 Å². The summed E-state index contributed by atoms with van der Waals surface area (Å²) in [5, 5.41) is 14.8. The molecule has 8 nitrogen and oxygen atoms in total. The maximum absolute atomic E-state index is 14.4. The maximum Gasteiger partial charge on any atom is 0.270 e. The Balaban J connectivity index is 1.65.